The molecule has 29 heavy (non-hydrogen) atoms. The van der Waals surface area contributed by atoms with Crippen molar-refractivity contribution in [3.8, 4) is 0 Å². The number of rotatable bonds is 7. The smallest absolute Gasteiger partial charge is 0.304 e. The minimum Gasteiger partial charge on any atom is -0.481 e. The Kier molecular flexibility index (Phi) is 7.14. The fraction of sp³-hybridized carbons (Fsp3) is 0.667. The summed E-state index contributed by atoms with van der Waals surface area (Å²) < 4.78 is 5.45. The summed E-state index contributed by atoms with van der Waals surface area (Å²) in [6.45, 7) is 7.69. The van der Waals surface area contributed by atoms with Gasteiger partial charge < -0.3 is 14.7 Å². The molecule has 0 bridgehead atoms. The van der Waals surface area contributed by atoms with Crippen molar-refractivity contribution >= 4 is 23.5 Å². The predicted molar refractivity (Wildman–Crippen MR) is 110 cm³/mol. The fourth-order valence-electron chi connectivity index (χ4n) is 4.44. The van der Waals surface area contributed by atoms with E-state index in [0.717, 1.165) is 31.7 Å². The van der Waals surface area contributed by atoms with E-state index in [4.69, 9.17) is 16.3 Å². The number of halogens is 1. The second-order valence-corrected chi connectivity index (χ2v) is 8.71. The van der Waals surface area contributed by atoms with Crippen molar-refractivity contribution in [2.75, 3.05) is 32.8 Å². The molecular formula is C21H30ClN3O4. The first-order valence-electron chi connectivity index (χ1n) is 10.3. The van der Waals surface area contributed by atoms with Crippen LogP contribution in [0, 0.1) is 5.41 Å². The van der Waals surface area contributed by atoms with Gasteiger partial charge in [-0.1, -0.05) is 25.4 Å². The van der Waals surface area contributed by atoms with Crippen LogP contribution in [0.25, 0.3) is 0 Å². The lowest BCUT2D eigenvalue weighted by atomic mass is 9.74. The third-order valence-corrected chi connectivity index (χ3v) is 6.35. The zero-order chi connectivity index (χ0) is 21.0. The Morgan fingerprint density at radius 1 is 1.41 bits per heavy atom. The van der Waals surface area contributed by atoms with Crippen LogP contribution < -0.4 is 0 Å². The summed E-state index contributed by atoms with van der Waals surface area (Å²) >= 11 is 6.01. The van der Waals surface area contributed by atoms with E-state index in [1.165, 1.54) is 0 Å². The van der Waals surface area contributed by atoms with Crippen molar-refractivity contribution in [1.29, 1.82) is 0 Å². The normalized spacial score (nSPS) is 27.1. The van der Waals surface area contributed by atoms with Gasteiger partial charge >= 0.3 is 5.97 Å². The summed E-state index contributed by atoms with van der Waals surface area (Å²) in [4.78, 5) is 33.8. The topological polar surface area (TPSA) is 83.0 Å². The number of carbonyl (C=O) groups excluding carboxylic acids is 1. The minimum atomic E-state index is -0.940. The number of piperidine rings is 1. The number of likely N-dealkylation sites (tertiary alicyclic amines) is 1. The van der Waals surface area contributed by atoms with E-state index in [0.29, 0.717) is 31.1 Å². The van der Waals surface area contributed by atoms with Gasteiger partial charge in [-0.3, -0.25) is 19.5 Å². The Balaban J connectivity index is 1.91. The highest BCUT2D eigenvalue weighted by atomic mass is 35.5. The molecule has 160 valence electrons. The number of carbonyl (C=O) groups is 2. The van der Waals surface area contributed by atoms with Gasteiger partial charge in [0.25, 0.3) is 0 Å². The molecule has 2 aliphatic heterocycles. The number of aliphatic carboxylic acids is 1. The van der Waals surface area contributed by atoms with Gasteiger partial charge in [-0.15, -0.1) is 0 Å². The lowest BCUT2D eigenvalue weighted by Crippen LogP contribution is -2.57. The van der Waals surface area contributed by atoms with Crippen molar-refractivity contribution in [3.05, 3.63) is 29.0 Å². The molecule has 7 nitrogen and oxygen atoms in total. The number of amides is 1. The number of carboxylic acids is 1. The Labute approximate surface area is 177 Å². The number of ether oxygens (including phenoxy) is 1. The SMILES string of the molecule is CCC(CN1CCOCC1)N1C(=O)[C@@](C)(CC(=O)O)CCC1c1ccc(Cl)cn1. The van der Waals surface area contributed by atoms with Crippen LogP contribution >= 0.6 is 11.6 Å². The number of morpholine rings is 1. The average Bonchev–Trinajstić information content (AvgIpc) is 2.70. The lowest BCUT2D eigenvalue weighted by molar-refractivity contribution is -0.160. The monoisotopic (exact) mass is 423 g/mol. The van der Waals surface area contributed by atoms with Crippen LogP contribution in [0.5, 0.6) is 0 Å². The van der Waals surface area contributed by atoms with Crippen molar-refractivity contribution in [2.24, 2.45) is 5.41 Å². The van der Waals surface area contributed by atoms with E-state index in [1.54, 1.807) is 19.2 Å². The quantitative estimate of drug-likeness (QED) is 0.725. The molecule has 2 fully saturated rings. The van der Waals surface area contributed by atoms with Gasteiger partial charge in [-0.2, -0.15) is 0 Å². The van der Waals surface area contributed by atoms with E-state index >= 15 is 0 Å². The number of carboxylic acid groups (broad SMARTS) is 1. The molecule has 8 heteroatoms. The molecule has 1 aromatic heterocycles. The molecule has 3 heterocycles. The van der Waals surface area contributed by atoms with Gasteiger partial charge in [-0.25, -0.2) is 0 Å². The molecule has 1 aromatic rings. The Morgan fingerprint density at radius 3 is 2.72 bits per heavy atom. The first-order valence-corrected chi connectivity index (χ1v) is 10.7. The van der Waals surface area contributed by atoms with Gasteiger partial charge in [0.2, 0.25) is 5.91 Å². The van der Waals surface area contributed by atoms with Crippen LogP contribution in [-0.4, -0.2) is 70.7 Å². The molecule has 0 aliphatic carbocycles. The molecule has 1 N–H and O–H groups in total. The molecule has 0 aromatic carbocycles. The summed E-state index contributed by atoms with van der Waals surface area (Å²) in [6.07, 6.45) is 3.45. The van der Waals surface area contributed by atoms with Gasteiger partial charge in [-0.05, 0) is 31.4 Å². The van der Waals surface area contributed by atoms with Crippen molar-refractivity contribution in [1.82, 2.24) is 14.8 Å². The number of nitrogens with zero attached hydrogens (tertiary/aromatic N) is 3. The highest BCUT2D eigenvalue weighted by molar-refractivity contribution is 6.30. The maximum Gasteiger partial charge on any atom is 0.304 e. The van der Waals surface area contributed by atoms with Crippen LogP contribution in [0.1, 0.15) is 51.3 Å². The van der Waals surface area contributed by atoms with Gasteiger partial charge in [0, 0.05) is 31.9 Å². The molecule has 2 unspecified atom stereocenters. The van der Waals surface area contributed by atoms with Gasteiger partial charge in [0.15, 0.2) is 0 Å². The molecule has 2 saturated heterocycles. The summed E-state index contributed by atoms with van der Waals surface area (Å²) in [5.41, 5.74) is -0.0896. The number of aromatic nitrogens is 1. The molecular weight excluding hydrogens is 394 g/mol. The Morgan fingerprint density at radius 2 is 2.14 bits per heavy atom. The summed E-state index contributed by atoms with van der Waals surface area (Å²) in [7, 11) is 0. The maximum absolute atomic E-state index is 13.6. The molecule has 2 aliphatic rings. The first kappa shape index (κ1) is 22.0. The van der Waals surface area contributed by atoms with Crippen LogP contribution in [0.4, 0.5) is 0 Å². The van der Waals surface area contributed by atoms with Gasteiger partial charge in [0.1, 0.15) is 0 Å². The highest BCUT2D eigenvalue weighted by Crippen LogP contribution is 2.44. The lowest BCUT2D eigenvalue weighted by Gasteiger charge is -2.48. The second kappa shape index (κ2) is 9.41. The molecule has 0 spiro atoms. The number of hydrogen-bond acceptors (Lipinski definition) is 5. The Bertz CT molecular complexity index is 723. The summed E-state index contributed by atoms with van der Waals surface area (Å²) in [5.74, 6) is -1.03. The third kappa shape index (κ3) is 5.08. The van der Waals surface area contributed by atoms with Crippen LogP contribution in [0.15, 0.2) is 18.3 Å². The first-order chi connectivity index (χ1) is 13.8. The largest absolute Gasteiger partial charge is 0.481 e. The zero-order valence-electron chi connectivity index (χ0n) is 17.1. The van der Waals surface area contributed by atoms with E-state index in [-0.39, 0.29) is 24.4 Å². The van der Waals surface area contributed by atoms with E-state index < -0.39 is 11.4 Å². The zero-order valence-corrected chi connectivity index (χ0v) is 17.9. The standard InChI is InChI=1S/C21H30ClN3O4/c1-3-16(14-24-8-10-29-11-9-24)25-18(17-5-4-15(22)13-23-17)6-7-21(2,20(25)28)12-19(26)27/h4-5,13,16,18H,3,6-12,14H2,1-2H3,(H,26,27)/t16?,18?,21-/m1/s1. The molecule has 3 rings (SSSR count). The third-order valence-electron chi connectivity index (χ3n) is 6.13. The van der Waals surface area contributed by atoms with Crippen molar-refractivity contribution in [2.45, 2.75) is 51.6 Å². The van der Waals surface area contributed by atoms with Crippen LogP contribution in [-0.2, 0) is 14.3 Å². The Hall–Kier alpha value is -1.70. The van der Waals surface area contributed by atoms with Crippen LogP contribution in [0.3, 0.4) is 0 Å². The van der Waals surface area contributed by atoms with Crippen LogP contribution in [0.2, 0.25) is 5.02 Å². The van der Waals surface area contributed by atoms with Crippen molar-refractivity contribution < 1.29 is 19.4 Å². The summed E-state index contributed by atoms with van der Waals surface area (Å²) in [5, 5.41) is 9.94. The van der Waals surface area contributed by atoms with E-state index in [1.807, 2.05) is 11.0 Å². The maximum atomic E-state index is 13.6. The molecule has 0 saturated carbocycles. The van der Waals surface area contributed by atoms with Gasteiger partial charge in [0.05, 0.1) is 41.8 Å². The second-order valence-electron chi connectivity index (χ2n) is 8.27. The molecule has 3 atom stereocenters. The highest BCUT2D eigenvalue weighted by Gasteiger charge is 2.48. The number of pyridine rings is 1. The summed E-state index contributed by atoms with van der Waals surface area (Å²) in [6, 6.07) is 3.47. The molecule has 0 radical (unpaired) electrons. The van der Waals surface area contributed by atoms with E-state index in [2.05, 4.69) is 16.8 Å². The fourth-order valence-corrected chi connectivity index (χ4v) is 4.55. The minimum absolute atomic E-state index is 0.0171. The number of hydrogen-bond donors (Lipinski definition) is 1. The predicted octanol–water partition coefficient (Wildman–Crippen LogP) is 2.99. The van der Waals surface area contributed by atoms with E-state index in [9.17, 15) is 14.7 Å². The van der Waals surface area contributed by atoms with Crippen molar-refractivity contribution in [3.63, 3.8) is 0 Å². The molecule has 1 amide bonds. The average molecular weight is 424 g/mol.